The number of nitrogens with zero attached hydrogens (tertiary/aromatic N) is 1. The van der Waals surface area contributed by atoms with E-state index in [0.29, 0.717) is 35.8 Å². The van der Waals surface area contributed by atoms with Crippen LogP contribution in [0.15, 0.2) is 17.0 Å². The number of nitrogen functional groups attached to an aromatic ring is 1. The van der Waals surface area contributed by atoms with Gasteiger partial charge in [0.1, 0.15) is 0 Å². The van der Waals surface area contributed by atoms with Crippen molar-refractivity contribution in [2.45, 2.75) is 31.8 Å². The smallest absolute Gasteiger partial charge is 0.243 e. The van der Waals surface area contributed by atoms with E-state index in [9.17, 15) is 8.42 Å². The maximum absolute atomic E-state index is 12.7. The van der Waals surface area contributed by atoms with Crippen LogP contribution in [-0.4, -0.2) is 38.5 Å². The van der Waals surface area contributed by atoms with Crippen LogP contribution in [0.3, 0.4) is 0 Å². The number of rotatable bonds is 2. The second-order valence-electron chi connectivity index (χ2n) is 5.02. The number of benzene rings is 1. The fourth-order valence-electron chi connectivity index (χ4n) is 2.26. The highest BCUT2D eigenvalue weighted by Crippen LogP contribution is 2.26. The third kappa shape index (κ3) is 2.75. The molecule has 106 valence electrons. The summed E-state index contributed by atoms with van der Waals surface area (Å²) in [4.78, 5) is 0.305. The van der Waals surface area contributed by atoms with Crippen molar-refractivity contribution in [3.8, 4) is 0 Å². The molecule has 0 saturated carbocycles. The summed E-state index contributed by atoms with van der Waals surface area (Å²) < 4.78 is 32.2. The minimum absolute atomic E-state index is 0.0778. The summed E-state index contributed by atoms with van der Waals surface area (Å²) in [6.07, 6.45) is -0.0778. The summed E-state index contributed by atoms with van der Waals surface area (Å²) in [6, 6.07) is 3.47. The third-order valence-corrected chi connectivity index (χ3v) is 5.36. The van der Waals surface area contributed by atoms with Crippen molar-refractivity contribution < 1.29 is 13.2 Å². The summed E-state index contributed by atoms with van der Waals surface area (Å²) in [5.41, 5.74) is 7.85. The molecule has 0 spiro atoms. The second kappa shape index (κ2) is 5.11. The highest BCUT2D eigenvalue weighted by Gasteiger charge is 2.30. The standard InChI is InChI=1S/C13H20N2O3S/c1-9-6-12(14)11(3)13(7-9)19(16,17)15-4-5-18-10(2)8-15/h6-7,10H,4-5,8,14H2,1-3H3. The van der Waals surface area contributed by atoms with E-state index in [1.165, 1.54) is 4.31 Å². The molecule has 5 nitrogen and oxygen atoms in total. The topological polar surface area (TPSA) is 72.6 Å². The molecule has 1 unspecified atom stereocenters. The molecule has 1 aromatic carbocycles. The number of nitrogens with two attached hydrogens (primary N) is 1. The summed E-state index contributed by atoms with van der Waals surface area (Å²) >= 11 is 0. The van der Waals surface area contributed by atoms with Crippen LogP contribution >= 0.6 is 0 Å². The Kier molecular flexibility index (Phi) is 3.85. The van der Waals surface area contributed by atoms with E-state index in [0.717, 1.165) is 5.56 Å². The highest BCUT2D eigenvalue weighted by molar-refractivity contribution is 7.89. The normalized spacial score (nSPS) is 21.5. The summed E-state index contributed by atoms with van der Waals surface area (Å²) in [5, 5.41) is 0. The Morgan fingerprint density at radius 3 is 2.68 bits per heavy atom. The predicted octanol–water partition coefficient (Wildman–Crippen LogP) is 1.30. The number of morpholine rings is 1. The fourth-order valence-corrected chi connectivity index (χ4v) is 4.10. The van der Waals surface area contributed by atoms with Gasteiger partial charge in [-0.3, -0.25) is 0 Å². The number of anilines is 1. The quantitative estimate of drug-likeness (QED) is 0.831. The van der Waals surface area contributed by atoms with Gasteiger partial charge in [0.15, 0.2) is 0 Å². The van der Waals surface area contributed by atoms with Crippen LogP contribution in [0.4, 0.5) is 5.69 Å². The van der Waals surface area contributed by atoms with Gasteiger partial charge in [0.05, 0.1) is 17.6 Å². The molecule has 0 amide bonds. The third-order valence-electron chi connectivity index (χ3n) is 3.37. The summed E-state index contributed by atoms with van der Waals surface area (Å²) in [6.45, 7) is 6.66. The SMILES string of the molecule is Cc1cc(N)c(C)c(S(=O)(=O)N2CCOC(C)C2)c1. The van der Waals surface area contributed by atoms with Gasteiger partial charge >= 0.3 is 0 Å². The van der Waals surface area contributed by atoms with Crippen LogP contribution in [0.1, 0.15) is 18.1 Å². The van der Waals surface area contributed by atoms with Crippen molar-refractivity contribution in [3.05, 3.63) is 23.3 Å². The van der Waals surface area contributed by atoms with Crippen molar-refractivity contribution in [2.75, 3.05) is 25.4 Å². The molecule has 2 N–H and O–H groups in total. The van der Waals surface area contributed by atoms with E-state index in [1.807, 2.05) is 13.8 Å². The van der Waals surface area contributed by atoms with Crippen molar-refractivity contribution in [2.24, 2.45) is 0 Å². The van der Waals surface area contributed by atoms with Gasteiger partial charge < -0.3 is 10.5 Å². The zero-order valence-corrected chi connectivity index (χ0v) is 12.3. The van der Waals surface area contributed by atoms with E-state index in [2.05, 4.69) is 0 Å². The van der Waals surface area contributed by atoms with E-state index in [4.69, 9.17) is 10.5 Å². The molecule has 19 heavy (non-hydrogen) atoms. The molecule has 1 aromatic rings. The number of hydrogen-bond donors (Lipinski definition) is 1. The molecule has 1 atom stereocenters. The number of sulfonamides is 1. The van der Waals surface area contributed by atoms with Crippen molar-refractivity contribution in [1.29, 1.82) is 0 Å². The van der Waals surface area contributed by atoms with Gasteiger partial charge in [0.25, 0.3) is 0 Å². The lowest BCUT2D eigenvalue weighted by Gasteiger charge is -2.30. The van der Waals surface area contributed by atoms with Gasteiger partial charge in [-0.25, -0.2) is 8.42 Å². The van der Waals surface area contributed by atoms with E-state index >= 15 is 0 Å². The maximum Gasteiger partial charge on any atom is 0.243 e. The van der Waals surface area contributed by atoms with Crippen LogP contribution < -0.4 is 5.73 Å². The zero-order chi connectivity index (χ0) is 14.2. The van der Waals surface area contributed by atoms with E-state index in [-0.39, 0.29) is 6.10 Å². The van der Waals surface area contributed by atoms with Gasteiger partial charge in [0, 0.05) is 18.8 Å². The number of ether oxygens (including phenoxy) is 1. The first-order chi connectivity index (χ1) is 8.82. The van der Waals surface area contributed by atoms with Gasteiger partial charge in [-0.1, -0.05) is 0 Å². The fraction of sp³-hybridized carbons (Fsp3) is 0.538. The molecule has 1 saturated heterocycles. The van der Waals surface area contributed by atoms with E-state index in [1.54, 1.807) is 19.1 Å². The van der Waals surface area contributed by atoms with Crippen LogP contribution in [-0.2, 0) is 14.8 Å². The zero-order valence-electron chi connectivity index (χ0n) is 11.5. The van der Waals surface area contributed by atoms with Gasteiger partial charge in [0.2, 0.25) is 10.0 Å². The monoisotopic (exact) mass is 284 g/mol. The molecule has 0 aromatic heterocycles. The molecule has 0 bridgehead atoms. The molecule has 1 aliphatic heterocycles. The first kappa shape index (κ1) is 14.3. The van der Waals surface area contributed by atoms with Crippen molar-refractivity contribution >= 4 is 15.7 Å². The lowest BCUT2D eigenvalue weighted by atomic mass is 10.1. The van der Waals surface area contributed by atoms with Crippen LogP contribution in [0, 0.1) is 13.8 Å². The molecule has 1 heterocycles. The largest absolute Gasteiger partial charge is 0.398 e. The summed E-state index contributed by atoms with van der Waals surface area (Å²) in [5.74, 6) is 0. The molecule has 1 fully saturated rings. The lowest BCUT2D eigenvalue weighted by Crippen LogP contribution is -2.44. The average molecular weight is 284 g/mol. The number of aryl methyl sites for hydroxylation is 1. The molecular formula is C13H20N2O3S. The molecule has 0 radical (unpaired) electrons. The predicted molar refractivity (Wildman–Crippen MR) is 74.5 cm³/mol. The maximum atomic E-state index is 12.7. The Hall–Kier alpha value is -1.11. The van der Waals surface area contributed by atoms with E-state index < -0.39 is 10.0 Å². The molecule has 2 rings (SSSR count). The van der Waals surface area contributed by atoms with Crippen molar-refractivity contribution in [1.82, 2.24) is 4.31 Å². The average Bonchev–Trinajstić information content (AvgIpc) is 2.33. The highest BCUT2D eigenvalue weighted by atomic mass is 32.2. The van der Waals surface area contributed by atoms with Crippen LogP contribution in [0.2, 0.25) is 0 Å². The Bertz CT molecular complexity index is 584. The van der Waals surface area contributed by atoms with Gasteiger partial charge in [-0.05, 0) is 44.0 Å². The molecule has 6 heteroatoms. The van der Waals surface area contributed by atoms with Crippen LogP contribution in [0.5, 0.6) is 0 Å². The first-order valence-corrected chi connectivity index (χ1v) is 7.75. The Morgan fingerprint density at radius 2 is 2.05 bits per heavy atom. The van der Waals surface area contributed by atoms with Gasteiger partial charge in [-0.2, -0.15) is 4.31 Å². The van der Waals surface area contributed by atoms with Gasteiger partial charge in [-0.15, -0.1) is 0 Å². The Balaban J connectivity index is 2.45. The second-order valence-corrected chi connectivity index (χ2v) is 6.93. The minimum Gasteiger partial charge on any atom is -0.398 e. The first-order valence-electron chi connectivity index (χ1n) is 6.31. The molecule has 0 aliphatic carbocycles. The number of hydrogen-bond acceptors (Lipinski definition) is 4. The minimum atomic E-state index is -3.50. The van der Waals surface area contributed by atoms with Crippen LogP contribution in [0.25, 0.3) is 0 Å². The Morgan fingerprint density at radius 1 is 1.37 bits per heavy atom. The Labute approximate surface area is 114 Å². The summed E-state index contributed by atoms with van der Waals surface area (Å²) in [7, 11) is -3.50. The molecular weight excluding hydrogens is 264 g/mol. The molecule has 1 aliphatic rings. The lowest BCUT2D eigenvalue weighted by molar-refractivity contribution is 0.0102. The van der Waals surface area contributed by atoms with Crippen molar-refractivity contribution in [3.63, 3.8) is 0 Å².